The zero-order valence-corrected chi connectivity index (χ0v) is 24.2. The first-order chi connectivity index (χ1) is 21.8. The molecule has 0 saturated heterocycles. The number of nitrogens with one attached hydrogen (secondary N) is 2. The molecule has 0 atom stereocenters. The van der Waals surface area contributed by atoms with E-state index in [2.05, 4.69) is 162 Å². The van der Waals surface area contributed by atoms with Crippen molar-refractivity contribution in [1.29, 1.82) is 0 Å². The maximum Gasteiger partial charge on any atom is 0.0507 e. The van der Waals surface area contributed by atoms with E-state index < -0.39 is 0 Å². The minimum Gasteiger partial charge on any atom is -0.354 e. The van der Waals surface area contributed by atoms with Gasteiger partial charge >= 0.3 is 0 Å². The van der Waals surface area contributed by atoms with Gasteiger partial charge in [0.15, 0.2) is 0 Å². The fraction of sp³-hybridized carbons (Fsp3) is 0.0476. The van der Waals surface area contributed by atoms with Gasteiger partial charge in [-0.2, -0.15) is 0 Å². The summed E-state index contributed by atoms with van der Waals surface area (Å²) in [5.41, 5.74) is 16.4. The van der Waals surface area contributed by atoms with Crippen molar-refractivity contribution in [3.63, 3.8) is 0 Å². The minimum atomic E-state index is -0.0363. The van der Waals surface area contributed by atoms with Crippen LogP contribution in [0.3, 0.4) is 0 Å². The fourth-order valence-corrected chi connectivity index (χ4v) is 7.39. The summed E-state index contributed by atoms with van der Waals surface area (Å²) in [6.07, 6.45) is 0.987. The molecule has 2 nitrogen and oxygen atoms in total. The van der Waals surface area contributed by atoms with E-state index in [1.165, 1.54) is 72.2 Å². The van der Waals surface area contributed by atoms with Gasteiger partial charge in [-0.15, -0.1) is 0 Å². The van der Waals surface area contributed by atoms with Crippen molar-refractivity contribution in [3.05, 3.63) is 179 Å². The lowest BCUT2D eigenvalue weighted by Gasteiger charge is -2.23. The van der Waals surface area contributed by atoms with Crippen LogP contribution in [0.5, 0.6) is 0 Å². The van der Waals surface area contributed by atoms with Crippen LogP contribution < -0.4 is 0 Å². The third-order valence-corrected chi connectivity index (χ3v) is 9.35. The molecule has 8 aromatic rings. The lowest BCUT2D eigenvalue weighted by Crippen LogP contribution is -2.06. The molecular weight excluding hydrogens is 532 g/mol. The second-order valence-electron chi connectivity index (χ2n) is 11.8. The van der Waals surface area contributed by atoms with E-state index in [0.29, 0.717) is 0 Å². The normalized spacial score (nSPS) is 12.2. The molecule has 0 aliphatic heterocycles. The molecule has 1 aliphatic carbocycles. The third-order valence-electron chi connectivity index (χ3n) is 9.35. The zero-order chi connectivity index (χ0) is 29.0. The van der Waals surface area contributed by atoms with Crippen LogP contribution in [0.2, 0.25) is 0 Å². The van der Waals surface area contributed by atoms with Crippen LogP contribution >= 0.6 is 0 Å². The Labute approximate surface area is 256 Å². The first-order valence-electron chi connectivity index (χ1n) is 15.4. The molecule has 0 spiro atoms. The summed E-state index contributed by atoms with van der Waals surface area (Å²) >= 11 is 0. The van der Waals surface area contributed by atoms with Crippen LogP contribution in [-0.4, -0.2) is 9.97 Å². The van der Waals surface area contributed by atoms with Gasteiger partial charge in [0, 0.05) is 27.7 Å². The molecule has 0 saturated carbocycles. The van der Waals surface area contributed by atoms with E-state index in [9.17, 15) is 0 Å². The molecule has 2 heteroatoms. The predicted octanol–water partition coefficient (Wildman–Crippen LogP) is 10.7. The fourth-order valence-electron chi connectivity index (χ4n) is 7.39. The van der Waals surface area contributed by atoms with Crippen LogP contribution in [-0.2, 0) is 6.42 Å². The molecule has 0 unspecified atom stereocenters. The first-order valence-corrected chi connectivity index (χ1v) is 15.4. The van der Waals surface area contributed by atoms with Crippen LogP contribution in [0.25, 0.3) is 55.4 Å². The van der Waals surface area contributed by atoms with Gasteiger partial charge in [-0.25, -0.2) is 0 Å². The molecule has 2 aromatic heterocycles. The summed E-state index contributed by atoms with van der Waals surface area (Å²) in [6.45, 7) is 0. The van der Waals surface area contributed by atoms with E-state index >= 15 is 0 Å². The Morgan fingerprint density at radius 1 is 0.432 bits per heavy atom. The minimum absolute atomic E-state index is 0.0363. The van der Waals surface area contributed by atoms with E-state index in [1.54, 1.807) is 0 Å². The van der Waals surface area contributed by atoms with Crippen molar-refractivity contribution >= 4 is 21.8 Å². The van der Waals surface area contributed by atoms with E-state index in [0.717, 1.165) is 17.5 Å². The Balaban J connectivity index is 1.41. The summed E-state index contributed by atoms with van der Waals surface area (Å²) in [7, 11) is 0. The van der Waals surface area contributed by atoms with Crippen LogP contribution in [0, 0.1) is 0 Å². The maximum absolute atomic E-state index is 3.86. The third kappa shape index (κ3) is 3.88. The van der Waals surface area contributed by atoms with Crippen LogP contribution in [0.4, 0.5) is 0 Å². The highest BCUT2D eigenvalue weighted by atomic mass is 14.7. The van der Waals surface area contributed by atoms with Crippen molar-refractivity contribution in [3.8, 4) is 33.6 Å². The molecule has 0 bridgehead atoms. The van der Waals surface area contributed by atoms with Gasteiger partial charge in [0.05, 0.1) is 11.4 Å². The van der Waals surface area contributed by atoms with Gasteiger partial charge in [0.25, 0.3) is 0 Å². The SMILES string of the molecule is c1ccc(-c2[nH]c3ccccc3c2C(c2ccc3c(c2)-c2ccccc2C3)c2c(-c3ccccc3)[nH]c3ccccc23)cc1. The van der Waals surface area contributed by atoms with E-state index in [-0.39, 0.29) is 5.92 Å². The summed E-state index contributed by atoms with van der Waals surface area (Å²) < 4.78 is 0. The molecule has 6 aromatic carbocycles. The Hall–Kier alpha value is -5.60. The Morgan fingerprint density at radius 3 is 1.55 bits per heavy atom. The van der Waals surface area contributed by atoms with Crippen molar-refractivity contribution in [1.82, 2.24) is 9.97 Å². The molecular formula is C42H30N2. The lowest BCUT2D eigenvalue weighted by molar-refractivity contribution is 1.00. The van der Waals surface area contributed by atoms with E-state index in [4.69, 9.17) is 0 Å². The lowest BCUT2D eigenvalue weighted by atomic mass is 9.79. The number of hydrogen-bond acceptors (Lipinski definition) is 0. The number of aromatic nitrogens is 2. The highest BCUT2D eigenvalue weighted by molar-refractivity contribution is 5.98. The smallest absolute Gasteiger partial charge is 0.0507 e. The second kappa shape index (κ2) is 10.00. The summed E-state index contributed by atoms with van der Waals surface area (Å²) in [5, 5.41) is 2.50. The van der Waals surface area contributed by atoms with Gasteiger partial charge in [-0.3, -0.25) is 0 Å². The molecule has 2 N–H and O–H groups in total. The number of rotatable bonds is 5. The second-order valence-corrected chi connectivity index (χ2v) is 11.8. The number of fused-ring (bicyclic) bond motifs is 5. The van der Waals surface area contributed by atoms with Gasteiger partial charge < -0.3 is 9.97 Å². The summed E-state index contributed by atoms with van der Waals surface area (Å²) in [6, 6.07) is 55.2. The topological polar surface area (TPSA) is 31.6 Å². The number of para-hydroxylation sites is 2. The molecule has 208 valence electrons. The van der Waals surface area contributed by atoms with E-state index in [1.807, 2.05) is 0 Å². The Morgan fingerprint density at radius 2 is 0.932 bits per heavy atom. The van der Waals surface area contributed by atoms with Crippen molar-refractivity contribution in [2.75, 3.05) is 0 Å². The predicted molar refractivity (Wildman–Crippen MR) is 183 cm³/mol. The van der Waals surface area contributed by atoms with Crippen molar-refractivity contribution in [2.45, 2.75) is 12.3 Å². The zero-order valence-electron chi connectivity index (χ0n) is 24.2. The maximum atomic E-state index is 3.86. The average Bonchev–Trinajstić information content (AvgIpc) is 3.78. The molecule has 44 heavy (non-hydrogen) atoms. The number of aromatic amines is 2. The van der Waals surface area contributed by atoms with Crippen LogP contribution in [0.15, 0.2) is 152 Å². The molecule has 0 fully saturated rings. The monoisotopic (exact) mass is 562 g/mol. The molecule has 9 rings (SSSR count). The molecule has 1 aliphatic rings. The van der Waals surface area contributed by atoms with Gasteiger partial charge in [0.2, 0.25) is 0 Å². The highest BCUT2D eigenvalue weighted by Crippen LogP contribution is 2.49. The van der Waals surface area contributed by atoms with Gasteiger partial charge in [0.1, 0.15) is 0 Å². The highest BCUT2D eigenvalue weighted by Gasteiger charge is 2.31. The quantitative estimate of drug-likeness (QED) is 0.209. The average molecular weight is 563 g/mol. The largest absolute Gasteiger partial charge is 0.354 e. The van der Waals surface area contributed by atoms with Crippen molar-refractivity contribution < 1.29 is 0 Å². The first kappa shape index (κ1) is 24.9. The summed E-state index contributed by atoms with van der Waals surface area (Å²) in [5.74, 6) is -0.0363. The van der Waals surface area contributed by atoms with Crippen LogP contribution in [0.1, 0.15) is 33.7 Å². The van der Waals surface area contributed by atoms with Gasteiger partial charge in [-0.05, 0) is 74.7 Å². The Bertz CT molecular complexity index is 2190. The standard InChI is InChI=1S/C42H30N2/c1-3-13-27(14-4-1)41-39(33-19-9-11-21-36(33)43-41)38(31-24-23-30-25-29-17-7-8-18-32(29)35(30)26-31)40-34-20-10-12-22-37(34)44-42(40)28-15-5-2-6-16-28/h1-24,26,38,43-44H,25H2. The number of benzene rings is 6. The molecule has 0 amide bonds. The molecule has 2 heterocycles. The molecule has 0 radical (unpaired) electrons. The van der Waals surface area contributed by atoms with Gasteiger partial charge in [-0.1, -0.05) is 133 Å². The Kier molecular flexibility index (Phi) is 5.67. The summed E-state index contributed by atoms with van der Waals surface area (Å²) in [4.78, 5) is 7.72. The number of H-pyrrole nitrogens is 2. The number of hydrogen-bond donors (Lipinski definition) is 2. The van der Waals surface area contributed by atoms with Crippen molar-refractivity contribution in [2.24, 2.45) is 0 Å².